The minimum absolute atomic E-state index is 0.765. The summed E-state index contributed by atoms with van der Waals surface area (Å²) in [5.41, 5.74) is 2.02. The van der Waals surface area contributed by atoms with Gasteiger partial charge in [0.25, 0.3) is 0 Å². The molecule has 1 heterocycles. The lowest BCUT2D eigenvalue weighted by atomic mass is 10.2. The molecule has 0 bridgehead atoms. The van der Waals surface area contributed by atoms with E-state index in [4.69, 9.17) is 16.3 Å². The molecular formula is C17H19ClN4O. The standard InChI is InChI=1S/C17H19ClN4O/c1-23-17-8-4-15(5-9-17)19-20-22-12-10-21(11-13-22)16-6-2-14(18)3-7-16/h2-9H,10-13H2,1H3. The maximum absolute atomic E-state index is 5.93. The third-order valence-corrected chi connectivity index (χ3v) is 4.06. The average Bonchev–Trinajstić information content (AvgIpc) is 2.61. The summed E-state index contributed by atoms with van der Waals surface area (Å²) in [6.45, 7) is 3.54. The maximum Gasteiger partial charge on any atom is 0.119 e. The van der Waals surface area contributed by atoms with Gasteiger partial charge in [-0.1, -0.05) is 16.8 Å². The Hall–Kier alpha value is -2.27. The molecule has 1 fully saturated rings. The number of piperazine rings is 1. The van der Waals surface area contributed by atoms with Gasteiger partial charge in [-0.05, 0) is 48.5 Å². The lowest BCUT2D eigenvalue weighted by Gasteiger charge is -2.33. The number of hydrogen-bond acceptors (Lipinski definition) is 4. The van der Waals surface area contributed by atoms with Crippen molar-refractivity contribution in [1.82, 2.24) is 5.01 Å². The van der Waals surface area contributed by atoms with Gasteiger partial charge in [-0.2, -0.15) is 0 Å². The van der Waals surface area contributed by atoms with Crippen molar-refractivity contribution in [1.29, 1.82) is 0 Å². The van der Waals surface area contributed by atoms with Gasteiger partial charge in [-0.15, -0.1) is 5.11 Å². The zero-order valence-electron chi connectivity index (χ0n) is 13.0. The lowest BCUT2D eigenvalue weighted by Crippen LogP contribution is -2.43. The van der Waals surface area contributed by atoms with E-state index in [2.05, 4.69) is 27.4 Å². The van der Waals surface area contributed by atoms with E-state index >= 15 is 0 Å². The minimum Gasteiger partial charge on any atom is -0.497 e. The van der Waals surface area contributed by atoms with Crippen molar-refractivity contribution in [2.75, 3.05) is 38.2 Å². The van der Waals surface area contributed by atoms with Gasteiger partial charge in [0.15, 0.2) is 0 Å². The summed E-state index contributed by atoms with van der Waals surface area (Å²) in [6.07, 6.45) is 0. The summed E-state index contributed by atoms with van der Waals surface area (Å²) in [4.78, 5) is 2.33. The van der Waals surface area contributed by atoms with Crippen LogP contribution in [0.1, 0.15) is 0 Å². The normalized spacial score (nSPS) is 15.2. The Morgan fingerprint density at radius 2 is 1.57 bits per heavy atom. The quantitative estimate of drug-likeness (QED) is 0.790. The Bertz CT molecular complexity index is 649. The van der Waals surface area contributed by atoms with Crippen LogP contribution in [0, 0.1) is 0 Å². The molecule has 23 heavy (non-hydrogen) atoms. The van der Waals surface area contributed by atoms with Gasteiger partial charge in [0, 0.05) is 23.8 Å². The fourth-order valence-corrected chi connectivity index (χ4v) is 2.59. The van der Waals surface area contributed by atoms with Gasteiger partial charge in [0.2, 0.25) is 0 Å². The first-order valence-electron chi connectivity index (χ1n) is 7.56. The summed E-state index contributed by atoms with van der Waals surface area (Å²) in [5, 5.41) is 11.4. The highest BCUT2D eigenvalue weighted by Crippen LogP contribution is 2.21. The van der Waals surface area contributed by atoms with Crippen LogP contribution in [-0.2, 0) is 0 Å². The van der Waals surface area contributed by atoms with Crippen molar-refractivity contribution < 1.29 is 4.74 Å². The number of rotatable bonds is 4. The van der Waals surface area contributed by atoms with Crippen LogP contribution in [0.5, 0.6) is 5.75 Å². The van der Waals surface area contributed by atoms with Crippen molar-refractivity contribution in [2.45, 2.75) is 0 Å². The van der Waals surface area contributed by atoms with E-state index < -0.39 is 0 Å². The molecule has 1 aliphatic heterocycles. The second-order valence-electron chi connectivity index (χ2n) is 5.30. The Kier molecular flexibility index (Phi) is 4.98. The summed E-state index contributed by atoms with van der Waals surface area (Å²) in [5.74, 6) is 0.820. The molecule has 0 aliphatic carbocycles. The van der Waals surface area contributed by atoms with Crippen LogP contribution in [0.3, 0.4) is 0 Å². The molecular weight excluding hydrogens is 312 g/mol. The van der Waals surface area contributed by atoms with Crippen molar-refractivity contribution in [3.63, 3.8) is 0 Å². The second kappa shape index (κ2) is 7.33. The summed E-state index contributed by atoms with van der Waals surface area (Å²) >= 11 is 5.93. The van der Waals surface area contributed by atoms with E-state index in [1.807, 2.05) is 41.4 Å². The monoisotopic (exact) mass is 330 g/mol. The zero-order valence-corrected chi connectivity index (χ0v) is 13.8. The molecule has 1 saturated heterocycles. The molecule has 0 radical (unpaired) electrons. The van der Waals surface area contributed by atoms with E-state index in [1.165, 1.54) is 5.69 Å². The highest BCUT2D eigenvalue weighted by Gasteiger charge is 2.16. The third-order valence-electron chi connectivity index (χ3n) is 3.81. The molecule has 0 spiro atoms. The molecule has 0 atom stereocenters. The predicted octanol–water partition coefficient (Wildman–Crippen LogP) is 4.17. The van der Waals surface area contributed by atoms with Gasteiger partial charge in [0.1, 0.15) is 5.75 Å². The number of hydrogen-bond donors (Lipinski definition) is 0. The summed E-state index contributed by atoms with van der Waals surface area (Å²) in [6, 6.07) is 15.5. The minimum atomic E-state index is 0.765. The van der Waals surface area contributed by atoms with Crippen molar-refractivity contribution >= 4 is 23.0 Å². The van der Waals surface area contributed by atoms with Crippen LogP contribution < -0.4 is 9.64 Å². The molecule has 2 aromatic rings. The van der Waals surface area contributed by atoms with Crippen LogP contribution in [-0.4, -0.2) is 38.3 Å². The van der Waals surface area contributed by atoms with Crippen LogP contribution in [0.2, 0.25) is 5.02 Å². The molecule has 5 nitrogen and oxygen atoms in total. The Balaban J connectivity index is 1.54. The Morgan fingerprint density at radius 3 is 2.17 bits per heavy atom. The highest BCUT2D eigenvalue weighted by molar-refractivity contribution is 6.30. The Labute approximate surface area is 141 Å². The summed E-state index contributed by atoms with van der Waals surface area (Å²) < 4.78 is 5.13. The molecule has 2 aromatic carbocycles. The number of methoxy groups -OCH3 is 1. The van der Waals surface area contributed by atoms with Crippen LogP contribution in [0.4, 0.5) is 11.4 Å². The molecule has 0 aromatic heterocycles. The smallest absolute Gasteiger partial charge is 0.119 e. The molecule has 0 unspecified atom stereocenters. The van der Waals surface area contributed by atoms with Crippen molar-refractivity contribution in [2.24, 2.45) is 10.3 Å². The molecule has 1 aliphatic rings. The number of halogens is 1. The first-order valence-corrected chi connectivity index (χ1v) is 7.93. The molecule has 0 N–H and O–H groups in total. The first-order chi connectivity index (χ1) is 11.2. The fraction of sp³-hybridized carbons (Fsp3) is 0.294. The molecule has 0 saturated carbocycles. The van der Waals surface area contributed by atoms with E-state index in [0.717, 1.165) is 42.6 Å². The van der Waals surface area contributed by atoms with Crippen LogP contribution in [0.25, 0.3) is 0 Å². The number of anilines is 1. The lowest BCUT2D eigenvalue weighted by molar-refractivity contribution is 0.254. The molecule has 3 rings (SSSR count). The van der Waals surface area contributed by atoms with Crippen molar-refractivity contribution in [3.8, 4) is 5.75 Å². The van der Waals surface area contributed by atoms with Crippen molar-refractivity contribution in [3.05, 3.63) is 53.6 Å². The van der Waals surface area contributed by atoms with E-state index in [9.17, 15) is 0 Å². The number of benzene rings is 2. The van der Waals surface area contributed by atoms with Gasteiger partial charge in [0.05, 0.1) is 25.9 Å². The molecule has 6 heteroatoms. The SMILES string of the molecule is COc1ccc(N=NN2CCN(c3ccc(Cl)cc3)CC2)cc1. The topological polar surface area (TPSA) is 40.4 Å². The Morgan fingerprint density at radius 1 is 0.913 bits per heavy atom. The van der Waals surface area contributed by atoms with Gasteiger partial charge in [-0.25, -0.2) is 0 Å². The highest BCUT2D eigenvalue weighted by atomic mass is 35.5. The number of ether oxygens (including phenoxy) is 1. The fourth-order valence-electron chi connectivity index (χ4n) is 2.46. The maximum atomic E-state index is 5.93. The number of nitrogens with zero attached hydrogens (tertiary/aromatic N) is 4. The van der Waals surface area contributed by atoms with Crippen LogP contribution in [0.15, 0.2) is 58.9 Å². The van der Waals surface area contributed by atoms with E-state index in [1.54, 1.807) is 7.11 Å². The summed E-state index contributed by atoms with van der Waals surface area (Å²) in [7, 11) is 1.65. The largest absolute Gasteiger partial charge is 0.497 e. The zero-order chi connectivity index (χ0) is 16.1. The van der Waals surface area contributed by atoms with Gasteiger partial charge in [-0.3, -0.25) is 5.01 Å². The predicted molar refractivity (Wildman–Crippen MR) is 92.7 cm³/mol. The van der Waals surface area contributed by atoms with Gasteiger partial charge < -0.3 is 9.64 Å². The van der Waals surface area contributed by atoms with E-state index in [-0.39, 0.29) is 0 Å². The van der Waals surface area contributed by atoms with E-state index in [0.29, 0.717) is 0 Å². The molecule has 0 amide bonds. The average molecular weight is 331 g/mol. The van der Waals surface area contributed by atoms with Gasteiger partial charge >= 0.3 is 0 Å². The first kappa shape index (κ1) is 15.6. The second-order valence-corrected chi connectivity index (χ2v) is 5.74. The third kappa shape index (κ3) is 4.13. The molecule has 120 valence electrons. The van der Waals surface area contributed by atoms with Crippen LogP contribution >= 0.6 is 11.6 Å².